The third-order valence-corrected chi connectivity index (χ3v) is 3.86. The predicted molar refractivity (Wildman–Crippen MR) is 73.1 cm³/mol. The Morgan fingerprint density at radius 3 is 2.26 bits per heavy atom. The maximum atomic E-state index is 12.3. The third-order valence-electron chi connectivity index (χ3n) is 3.86. The van der Waals surface area contributed by atoms with E-state index in [0.717, 1.165) is 6.29 Å². The summed E-state index contributed by atoms with van der Waals surface area (Å²) in [6.45, 7) is 5.96. The van der Waals surface area contributed by atoms with Crippen LogP contribution in [0.25, 0.3) is 0 Å². The van der Waals surface area contributed by atoms with Crippen molar-refractivity contribution >= 4 is 17.9 Å². The first-order chi connectivity index (χ1) is 9.02. The van der Waals surface area contributed by atoms with Gasteiger partial charge in [0.25, 0.3) is 0 Å². The Kier molecular flexibility index (Phi) is 4.00. The summed E-state index contributed by atoms with van der Waals surface area (Å²) in [7, 11) is 0. The van der Waals surface area contributed by atoms with E-state index in [-0.39, 0.29) is 30.0 Å². The van der Waals surface area contributed by atoms with Crippen LogP contribution in [0.15, 0.2) is 24.3 Å². The highest BCUT2D eigenvalue weighted by atomic mass is 16.5. The fraction of sp³-hybridized carbons (Fsp3) is 0.467. The highest BCUT2D eigenvalue weighted by Crippen LogP contribution is 2.32. The number of hydrogen-bond donors (Lipinski definition) is 1. The number of ether oxygens (including phenoxy) is 1. The molecule has 0 aromatic heterocycles. The number of nitrogens with one attached hydrogen (secondary N) is 1. The van der Waals surface area contributed by atoms with Crippen molar-refractivity contribution in [3.05, 3.63) is 29.8 Å². The number of amides is 1. The number of carbonyl (C=O) groups is 2. The van der Waals surface area contributed by atoms with Crippen molar-refractivity contribution < 1.29 is 14.3 Å². The van der Waals surface area contributed by atoms with E-state index < -0.39 is 0 Å². The molecule has 0 aliphatic carbocycles. The Bertz CT molecular complexity index is 469. The van der Waals surface area contributed by atoms with Crippen molar-refractivity contribution in [2.45, 2.75) is 33.0 Å². The standard InChI is InChI=1S/C15H19NO3/c1-9-10(2)19-11(3)14(9)15(18)16-13-6-4-12(8-17)5-7-13/h4-11,14H,1-3H3,(H,16,18). The van der Waals surface area contributed by atoms with E-state index in [1.54, 1.807) is 24.3 Å². The van der Waals surface area contributed by atoms with E-state index in [4.69, 9.17) is 4.74 Å². The van der Waals surface area contributed by atoms with E-state index in [2.05, 4.69) is 5.32 Å². The first-order valence-corrected chi connectivity index (χ1v) is 6.54. The van der Waals surface area contributed by atoms with Crippen LogP contribution in [0, 0.1) is 11.8 Å². The average Bonchev–Trinajstić information content (AvgIpc) is 2.64. The minimum atomic E-state index is -0.138. The molecule has 4 nitrogen and oxygen atoms in total. The molecule has 4 heteroatoms. The summed E-state index contributed by atoms with van der Waals surface area (Å²) in [6.07, 6.45) is 0.810. The van der Waals surface area contributed by atoms with Gasteiger partial charge in [0.1, 0.15) is 6.29 Å². The van der Waals surface area contributed by atoms with Gasteiger partial charge in [-0.25, -0.2) is 0 Å². The van der Waals surface area contributed by atoms with Gasteiger partial charge in [0.05, 0.1) is 18.1 Å². The van der Waals surface area contributed by atoms with Gasteiger partial charge in [-0.05, 0) is 44.0 Å². The fourth-order valence-corrected chi connectivity index (χ4v) is 2.59. The van der Waals surface area contributed by atoms with Gasteiger partial charge >= 0.3 is 0 Å². The molecule has 4 atom stereocenters. The quantitative estimate of drug-likeness (QED) is 0.850. The Morgan fingerprint density at radius 2 is 1.79 bits per heavy atom. The van der Waals surface area contributed by atoms with E-state index in [9.17, 15) is 9.59 Å². The monoisotopic (exact) mass is 261 g/mol. The topological polar surface area (TPSA) is 55.4 Å². The molecule has 1 fully saturated rings. The lowest BCUT2D eigenvalue weighted by Crippen LogP contribution is -2.31. The molecule has 1 amide bonds. The van der Waals surface area contributed by atoms with Gasteiger partial charge < -0.3 is 10.1 Å². The Labute approximate surface area is 113 Å². The van der Waals surface area contributed by atoms with Crippen molar-refractivity contribution in [1.82, 2.24) is 0 Å². The van der Waals surface area contributed by atoms with Crippen molar-refractivity contribution in [3.8, 4) is 0 Å². The summed E-state index contributed by atoms with van der Waals surface area (Å²) in [5.74, 6) is 0.0354. The van der Waals surface area contributed by atoms with Gasteiger partial charge in [-0.1, -0.05) is 6.92 Å². The maximum Gasteiger partial charge on any atom is 0.230 e. The molecule has 19 heavy (non-hydrogen) atoms. The Morgan fingerprint density at radius 1 is 1.16 bits per heavy atom. The van der Waals surface area contributed by atoms with Gasteiger partial charge in [0.2, 0.25) is 5.91 Å². The lowest BCUT2D eigenvalue weighted by Gasteiger charge is -2.18. The van der Waals surface area contributed by atoms with Crippen LogP contribution in [0.5, 0.6) is 0 Å². The van der Waals surface area contributed by atoms with Gasteiger partial charge in [-0.3, -0.25) is 9.59 Å². The molecular weight excluding hydrogens is 242 g/mol. The molecule has 1 N–H and O–H groups in total. The zero-order chi connectivity index (χ0) is 14.0. The molecule has 1 aromatic carbocycles. The van der Waals surface area contributed by atoms with Gasteiger partial charge in [0.15, 0.2) is 0 Å². The summed E-state index contributed by atoms with van der Waals surface area (Å²) >= 11 is 0. The molecule has 102 valence electrons. The normalized spacial score (nSPS) is 30.1. The number of rotatable bonds is 3. The van der Waals surface area contributed by atoms with Crippen LogP contribution in [0.2, 0.25) is 0 Å². The molecule has 1 aliphatic rings. The van der Waals surface area contributed by atoms with E-state index >= 15 is 0 Å². The molecule has 1 saturated heterocycles. The second kappa shape index (κ2) is 5.53. The molecule has 2 rings (SSSR count). The highest BCUT2D eigenvalue weighted by Gasteiger charge is 2.41. The molecular formula is C15H19NO3. The van der Waals surface area contributed by atoms with Crippen molar-refractivity contribution in [3.63, 3.8) is 0 Å². The minimum absolute atomic E-state index is 0.0248. The molecule has 1 aliphatic heterocycles. The lowest BCUT2D eigenvalue weighted by atomic mass is 9.89. The SMILES string of the molecule is CC1OC(C)C(C(=O)Nc2ccc(C=O)cc2)C1C. The van der Waals surface area contributed by atoms with Crippen molar-refractivity contribution in [2.24, 2.45) is 11.8 Å². The number of carbonyl (C=O) groups excluding carboxylic acids is 2. The van der Waals surface area contributed by atoms with Gasteiger partial charge in [-0.15, -0.1) is 0 Å². The predicted octanol–water partition coefficient (Wildman–Crippen LogP) is 2.50. The zero-order valence-corrected chi connectivity index (χ0v) is 11.4. The number of hydrogen-bond acceptors (Lipinski definition) is 3. The van der Waals surface area contributed by atoms with Crippen molar-refractivity contribution in [2.75, 3.05) is 5.32 Å². The van der Waals surface area contributed by atoms with Crippen LogP contribution in [-0.2, 0) is 9.53 Å². The second-order valence-corrected chi connectivity index (χ2v) is 5.16. The summed E-state index contributed by atoms with van der Waals surface area (Å²) in [5.41, 5.74) is 1.30. The van der Waals surface area contributed by atoms with E-state index in [0.29, 0.717) is 11.3 Å². The van der Waals surface area contributed by atoms with Gasteiger partial charge in [-0.2, -0.15) is 0 Å². The molecule has 0 saturated carbocycles. The first-order valence-electron chi connectivity index (χ1n) is 6.54. The van der Waals surface area contributed by atoms with Crippen LogP contribution in [-0.4, -0.2) is 24.4 Å². The minimum Gasteiger partial charge on any atom is -0.374 e. The van der Waals surface area contributed by atoms with Crippen LogP contribution in [0.4, 0.5) is 5.69 Å². The second-order valence-electron chi connectivity index (χ2n) is 5.16. The smallest absolute Gasteiger partial charge is 0.230 e. The first kappa shape index (κ1) is 13.7. The molecule has 1 heterocycles. The fourth-order valence-electron chi connectivity index (χ4n) is 2.59. The highest BCUT2D eigenvalue weighted by molar-refractivity contribution is 5.93. The summed E-state index contributed by atoms with van der Waals surface area (Å²) in [4.78, 5) is 22.8. The largest absolute Gasteiger partial charge is 0.374 e. The molecule has 4 unspecified atom stereocenters. The number of aldehydes is 1. The third kappa shape index (κ3) is 2.84. The van der Waals surface area contributed by atoms with Crippen LogP contribution in [0.3, 0.4) is 0 Å². The zero-order valence-electron chi connectivity index (χ0n) is 11.4. The summed E-state index contributed by atoms with van der Waals surface area (Å²) in [6, 6.07) is 6.83. The van der Waals surface area contributed by atoms with Crippen LogP contribution in [0.1, 0.15) is 31.1 Å². The molecule has 0 bridgehead atoms. The molecule has 0 spiro atoms. The Hall–Kier alpha value is -1.68. The summed E-state index contributed by atoms with van der Waals surface area (Å²) < 4.78 is 5.67. The van der Waals surface area contributed by atoms with Crippen LogP contribution >= 0.6 is 0 Å². The average molecular weight is 261 g/mol. The van der Waals surface area contributed by atoms with Gasteiger partial charge in [0, 0.05) is 11.3 Å². The molecule has 1 aromatic rings. The summed E-state index contributed by atoms with van der Waals surface area (Å²) in [5, 5.41) is 2.88. The maximum absolute atomic E-state index is 12.3. The van der Waals surface area contributed by atoms with Crippen molar-refractivity contribution in [1.29, 1.82) is 0 Å². The lowest BCUT2D eigenvalue weighted by molar-refractivity contribution is -0.121. The van der Waals surface area contributed by atoms with E-state index in [1.165, 1.54) is 0 Å². The number of benzene rings is 1. The Balaban J connectivity index is 2.06. The number of anilines is 1. The molecule has 0 radical (unpaired) electrons. The van der Waals surface area contributed by atoms with E-state index in [1.807, 2.05) is 20.8 Å². The van der Waals surface area contributed by atoms with Crippen LogP contribution < -0.4 is 5.32 Å².